The van der Waals surface area contributed by atoms with Gasteiger partial charge in [0.2, 0.25) is 5.69 Å². The van der Waals surface area contributed by atoms with E-state index in [9.17, 15) is 0 Å². The highest BCUT2D eigenvalue weighted by atomic mass is 16.5. The maximum absolute atomic E-state index is 6.61. The summed E-state index contributed by atoms with van der Waals surface area (Å²) < 4.78 is 8.86. The lowest BCUT2D eigenvalue weighted by Gasteiger charge is -2.28. The first-order chi connectivity index (χ1) is 13.9. The Morgan fingerprint density at radius 3 is 2.48 bits per heavy atom. The Hall–Kier alpha value is -3.13. The molecule has 1 aliphatic carbocycles. The van der Waals surface area contributed by atoms with Gasteiger partial charge in [0, 0.05) is 17.0 Å². The van der Waals surface area contributed by atoms with E-state index in [1.54, 1.807) is 0 Å². The fourth-order valence-corrected chi connectivity index (χ4v) is 5.76. The SMILES string of the molecule is Cc1c2c(c(C)c3c1-c1ccccc1C3(C)C)-c1c3c(cccc3cc[n+]1C)O2. The molecule has 142 valence electrons. The molecule has 1 aliphatic heterocycles. The first-order valence-corrected chi connectivity index (χ1v) is 10.3. The van der Waals surface area contributed by atoms with Crippen molar-refractivity contribution in [2.24, 2.45) is 7.05 Å². The van der Waals surface area contributed by atoms with Gasteiger partial charge in [-0.15, -0.1) is 0 Å². The van der Waals surface area contributed by atoms with E-state index in [4.69, 9.17) is 4.74 Å². The summed E-state index contributed by atoms with van der Waals surface area (Å²) in [6, 6.07) is 17.4. The second-order valence-electron chi connectivity index (χ2n) is 8.97. The van der Waals surface area contributed by atoms with Gasteiger partial charge in [0.1, 0.15) is 18.5 Å². The third kappa shape index (κ3) is 1.89. The van der Waals surface area contributed by atoms with Gasteiger partial charge in [-0.25, -0.2) is 4.57 Å². The molecule has 0 saturated heterocycles. The molecule has 0 atom stereocenters. The molecule has 6 rings (SSSR count). The first-order valence-electron chi connectivity index (χ1n) is 10.3. The number of nitrogens with zero attached hydrogens (tertiary/aromatic N) is 1. The lowest BCUT2D eigenvalue weighted by molar-refractivity contribution is -0.659. The minimum Gasteiger partial charge on any atom is -0.455 e. The fraction of sp³-hybridized carbons (Fsp3) is 0.222. The van der Waals surface area contributed by atoms with Crippen LogP contribution in [0.3, 0.4) is 0 Å². The van der Waals surface area contributed by atoms with E-state index in [2.05, 4.69) is 94.0 Å². The van der Waals surface area contributed by atoms with Crippen molar-refractivity contribution in [2.45, 2.75) is 33.1 Å². The zero-order chi connectivity index (χ0) is 20.1. The molecule has 0 fully saturated rings. The molecule has 0 unspecified atom stereocenters. The van der Waals surface area contributed by atoms with Crippen LogP contribution in [0.5, 0.6) is 11.5 Å². The molecule has 2 nitrogen and oxygen atoms in total. The zero-order valence-electron chi connectivity index (χ0n) is 17.6. The van der Waals surface area contributed by atoms with Crippen LogP contribution < -0.4 is 9.30 Å². The Morgan fingerprint density at radius 1 is 0.862 bits per heavy atom. The Labute approximate surface area is 171 Å². The first kappa shape index (κ1) is 16.8. The van der Waals surface area contributed by atoms with Crippen molar-refractivity contribution in [1.82, 2.24) is 0 Å². The normalized spacial score (nSPS) is 14.9. The average molecular weight is 378 g/mol. The summed E-state index contributed by atoms with van der Waals surface area (Å²) >= 11 is 0. The summed E-state index contributed by atoms with van der Waals surface area (Å²) in [6.07, 6.45) is 2.17. The molecule has 2 aliphatic rings. The molecule has 0 bridgehead atoms. The monoisotopic (exact) mass is 378 g/mol. The second-order valence-corrected chi connectivity index (χ2v) is 8.97. The number of pyridine rings is 1. The molecular formula is C27H24NO+. The molecule has 1 aromatic heterocycles. The minimum atomic E-state index is -0.0285. The Bertz CT molecular complexity index is 1380. The number of aryl methyl sites for hydroxylation is 1. The summed E-state index contributed by atoms with van der Waals surface area (Å²) in [5, 5.41) is 2.43. The van der Waals surface area contributed by atoms with E-state index in [1.165, 1.54) is 55.4 Å². The van der Waals surface area contributed by atoms with Crippen molar-refractivity contribution in [1.29, 1.82) is 0 Å². The molecule has 2 heterocycles. The Morgan fingerprint density at radius 2 is 1.66 bits per heavy atom. The zero-order valence-corrected chi connectivity index (χ0v) is 17.6. The molecular weight excluding hydrogens is 354 g/mol. The van der Waals surface area contributed by atoms with Crippen LogP contribution in [0.25, 0.3) is 33.2 Å². The van der Waals surface area contributed by atoms with Gasteiger partial charge >= 0.3 is 0 Å². The van der Waals surface area contributed by atoms with Crippen LogP contribution >= 0.6 is 0 Å². The van der Waals surface area contributed by atoms with Crippen molar-refractivity contribution >= 4 is 10.8 Å². The maximum atomic E-state index is 6.61. The second kappa shape index (κ2) is 5.27. The highest BCUT2D eigenvalue weighted by Gasteiger charge is 2.42. The van der Waals surface area contributed by atoms with E-state index >= 15 is 0 Å². The van der Waals surface area contributed by atoms with Crippen LogP contribution in [0.1, 0.15) is 36.1 Å². The summed E-state index contributed by atoms with van der Waals surface area (Å²) in [5.41, 5.74) is 10.6. The third-order valence-corrected chi connectivity index (χ3v) is 7.01. The van der Waals surface area contributed by atoms with Gasteiger partial charge in [-0.2, -0.15) is 0 Å². The standard InChI is InChI=1S/C27H24NO/c1-15-22-25-23-17(13-14-28(25)5)9-8-12-20(23)29-26(22)16(2)21-18-10-6-7-11-19(18)27(3,4)24(15)21/h6-14H,1-5H3/q+1. The molecule has 0 amide bonds. The van der Waals surface area contributed by atoms with Gasteiger partial charge in [-0.05, 0) is 53.1 Å². The van der Waals surface area contributed by atoms with Crippen molar-refractivity contribution in [3.05, 3.63) is 77.0 Å². The van der Waals surface area contributed by atoms with Crippen LogP contribution in [0.15, 0.2) is 54.7 Å². The fourth-order valence-electron chi connectivity index (χ4n) is 5.76. The molecule has 29 heavy (non-hydrogen) atoms. The summed E-state index contributed by atoms with van der Waals surface area (Å²) in [7, 11) is 2.14. The van der Waals surface area contributed by atoms with Gasteiger partial charge in [-0.1, -0.05) is 50.2 Å². The van der Waals surface area contributed by atoms with Gasteiger partial charge in [0.15, 0.2) is 6.20 Å². The molecule has 4 aromatic rings. The van der Waals surface area contributed by atoms with E-state index in [1.807, 2.05) is 0 Å². The largest absolute Gasteiger partial charge is 0.455 e. The topological polar surface area (TPSA) is 13.1 Å². The number of hydrogen-bond donors (Lipinski definition) is 0. The molecule has 0 spiro atoms. The third-order valence-electron chi connectivity index (χ3n) is 7.01. The molecule has 0 radical (unpaired) electrons. The smallest absolute Gasteiger partial charge is 0.228 e. The van der Waals surface area contributed by atoms with Crippen LogP contribution in [-0.4, -0.2) is 0 Å². The van der Waals surface area contributed by atoms with Crippen LogP contribution in [0.4, 0.5) is 0 Å². The summed E-state index contributed by atoms with van der Waals surface area (Å²) in [6.45, 7) is 9.22. The summed E-state index contributed by atoms with van der Waals surface area (Å²) in [5.74, 6) is 1.96. The quantitative estimate of drug-likeness (QED) is 0.286. The van der Waals surface area contributed by atoms with Gasteiger partial charge in [0.05, 0.1) is 10.9 Å². The van der Waals surface area contributed by atoms with E-state index < -0.39 is 0 Å². The molecule has 0 N–H and O–H groups in total. The molecule has 2 heteroatoms. The van der Waals surface area contributed by atoms with Crippen LogP contribution in [0, 0.1) is 13.8 Å². The van der Waals surface area contributed by atoms with Crippen molar-refractivity contribution < 1.29 is 9.30 Å². The van der Waals surface area contributed by atoms with Crippen molar-refractivity contribution in [3.8, 4) is 33.9 Å². The predicted octanol–water partition coefficient (Wildman–Crippen LogP) is 6.36. The lowest BCUT2D eigenvalue weighted by Crippen LogP contribution is -2.32. The van der Waals surface area contributed by atoms with Gasteiger partial charge in [-0.3, -0.25) is 0 Å². The Balaban J connectivity index is 1.82. The number of hydrogen-bond acceptors (Lipinski definition) is 1. The lowest BCUT2D eigenvalue weighted by atomic mass is 9.77. The van der Waals surface area contributed by atoms with E-state index in [-0.39, 0.29) is 5.41 Å². The van der Waals surface area contributed by atoms with E-state index in [0.717, 1.165) is 11.5 Å². The van der Waals surface area contributed by atoms with Crippen LogP contribution in [-0.2, 0) is 12.5 Å². The number of rotatable bonds is 0. The molecule has 3 aromatic carbocycles. The maximum Gasteiger partial charge on any atom is 0.228 e. The predicted molar refractivity (Wildman–Crippen MR) is 118 cm³/mol. The molecule has 0 saturated carbocycles. The number of ether oxygens (including phenoxy) is 1. The highest BCUT2D eigenvalue weighted by Crippen LogP contribution is 2.58. The average Bonchev–Trinajstić information content (AvgIpc) is 2.96. The number of aromatic nitrogens is 1. The minimum absolute atomic E-state index is 0.0285. The van der Waals surface area contributed by atoms with E-state index in [0.29, 0.717) is 0 Å². The van der Waals surface area contributed by atoms with Crippen molar-refractivity contribution in [2.75, 3.05) is 0 Å². The number of benzene rings is 3. The van der Waals surface area contributed by atoms with Crippen molar-refractivity contribution in [3.63, 3.8) is 0 Å². The Kier molecular flexibility index (Phi) is 3.05. The summed E-state index contributed by atoms with van der Waals surface area (Å²) in [4.78, 5) is 0. The van der Waals surface area contributed by atoms with Gasteiger partial charge < -0.3 is 4.74 Å². The van der Waals surface area contributed by atoms with Crippen LogP contribution in [0.2, 0.25) is 0 Å². The number of fused-ring (bicyclic) bond motifs is 5. The highest BCUT2D eigenvalue weighted by molar-refractivity contribution is 6.03. The van der Waals surface area contributed by atoms with Gasteiger partial charge in [0.25, 0.3) is 0 Å².